The molecule has 6 nitrogen and oxygen atoms in total. The van der Waals surface area contributed by atoms with Crippen molar-refractivity contribution >= 4 is 28.5 Å². The molecule has 172 valence electrons. The molecule has 0 N–H and O–H groups in total. The third-order valence-corrected chi connectivity index (χ3v) is 6.46. The van der Waals surface area contributed by atoms with Crippen LogP contribution in [0.1, 0.15) is 30.7 Å². The second kappa shape index (κ2) is 9.51. The first-order chi connectivity index (χ1) is 16.6. The number of likely N-dealkylation sites (N-methyl/N-ethyl adjacent to an activating group) is 1. The molecule has 34 heavy (non-hydrogen) atoms. The summed E-state index contributed by atoms with van der Waals surface area (Å²) in [4.78, 5) is 34.9. The van der Waals surface area contributed by atoms with E-state index in [2.05, 4.69) is 0 Å². The summed E-state index contributed by atoms with van der Waals surface area (Å²) in [6, 6.07) is 27.6. The van der Waals surface area contributed by atoms with Gasteiger partial charge in [-0.25, -0.2) is 4.98 Å². The van der Waals surface area contributed by atoms with Gasteiger partial charge in [0.15, 0.2) is 0 Å². The van der Waals surface area contributed by atoms with Gasteiger partial charge in [0.05, 0.1) is 11.0 Å². The summed E-state index contributed by atoms with van der Waals surface area (Å²) >= 11 is 0. The summed E-state index contributed by atoms with van der Waals surface area (Å²) in [5.41, 5.74) is 3.76. The summed E-state index contributed by atoms with van der Waals surface area (Å²) in [6.07, 6.45) is 0.403. The van der Waals surface area contributed by atoms with Gasteiger partial charge in [0.25, 0.3) is 0 Å². The Morgan fingerprint density at radius 2 is 1.65 bits per heavy atom. The Kier molecular flexibility index (Phi) is 6.12. The number of carbonyl (C=O) groups excluding carboxylic acids is 2. The molecule has 1 aliphatic heterocycles. The van der Waals surface area contributed by atoms with Crippen LogP contribution in [0.3, 0.4) is 0 Å². The molecule has 0 bridgehead atoms. The average molecular weight is 453 g/mol. The van der Waals surface area contributed by atoms with Crippen molar-refractivity contribution in [1.82, 2.24) is 14.5 Å². The summed E-state index contributed by atoms with van der Waals surface area (Å²) in [5, 5.41) is 0. The normalized spacial score (nSPS) is 15.7. The number of hydrogen-bond donors (Lipinski definition) is 0. The lowest BCUT2D eigenvalue weighted by Gasteiger charge is -2.23. The standard InChI is InChI=1S/C28H28N4O2/c1-2-31(23-13-7-4-8-14-23)27(34)20-32-25-16-10-9-15-24(25)29-28(32)22-17-26(33)30(19-22)18-21-11-5-3-6-12-21/h3-16,22H,2,17-20H2,1H3/t22-/m1/s1. The SMILES string of the molecule is CCN(C(=O)Cn1c([C@@H]2CC(=O)N(Cc3ccccc3)C2)nc2ccccc21)c1ccccc1. The number of nitrogens with zero attached hydrogens (tertiary/aromatic N) is 4. The third-order valence-electron chi connectivity index (χ3n) is 6.46. The lowest BCUT2D eigenvalue weighted by molar-refractivity contribution is -0.128. The molecule has 0 saturated carbocycles. The molecule has 2 amide bonds. The highest BCUT2D eigenvalue weighted by molar-refractivity contribution is 5.94. The van der Waals surface area contributed by atoms with Crippen LogP contribution in [0.15, 0.2) is 84.9 Å². The number of likely N-dealkylation sites (tertiary alicyclic amines) is 1. The first-order valence-electron chi connectivity index (χ1n) is 11.8. The molecule has 5 rings (SSSR count). The van der Waals surface area contributed by atoms with E-state index in [9.17, 15) is 9.59 Å². The molecule has 0 aliphatic carbocycles. The van der Waals surface area contributed by atoms with Gasteiger partial charge in [-0.15, -0.1) is 0 Å². The van der Waals surface area contributed by atoms with Crippen LogP contribution in [0.2, 0.25) is 0 Å². The van der Waals surface area contributed by atoms with Crippen molar-refractivity contribution < 1.29 is 9.59 Å². The minimum Gasteiger partial charge on any atom is -0.338 e. The van der Waals surface area contributed by atoms with Crippen LogP contribution in [0, 0.1) is 0 Å². The van der Waals surface area contributed by atoms with Crippen molar-refractivity contribution in [2.75, 3.05) is 18.0 Å². The zero-order chi connectivity index (χ0) is 23.5. The van der Waals surface area contributed by atoms with E-state index in [0.29, 0.717) is 26.1 Å². The molecule has 1 atom stereocenters. The number of carbonyl (C=O) groups is 2. The number of para-hydroxylation sites is 3. The van der Waals surface area contributed by atoms with Crippen LogP contribution in [0.5, 0.6) is 0 Å². The van der Waals surface area contributed by atoms with Gasteiger partial charge < -0.3 is 14.4 Å². The van der Waals surface area contributed by atoms with Gasteiger partial charge in [-0.2, -0.15) is 0 Å². The molecule has 2 heterocycles. The van der Waals surface area contributed by atoms with Crippen LogP contribution in [0.4, 0.5) is 5.69 Å². The van der Waals surface area contributed by atoms with Gasteiger partial charge in [0.1, 0.15) is 12.4 Å². The lowest BCUT2D eigenvalue weighted by Crippen LogP contribution is -2.34. The topological polar surface area (TPSA) is 58.4 Å². The Balaban J connectivity index is 1.43. The van der Waals surface area contributed by atoms with Crippen molar-refractivity contribution in [2.45, 2.75) is 32.4 Å². The maximum atomic E-state index is 13.4. The summed E-state index contributed by atoms with van der Waals surface area (Å²) < 4.78 is 2.01. The molecule has 1 fully saturated rings. The Morgan fingerprint density at radius 1 is 0.971 bits per heavy atom. The number of benzene rings is 3. The largest absolute Gasteiger partial charge is 0.338 e. The van der Waals surface area contributed by atoms with Crippen LogP contribution in [0.25, 0.3) is 11.0 Å². The number of aromatic nitrogens is 2. The predicted molar refractivity (Wildman–Crippen MR) is 133 cm³/mol. The number of amides is 2. The zero-order valence-electron chi connectivity index (χ0n) is 19.3. The summed E-state index contributed by atoms with van der Waals surface area (Å²) in [6.45, 7) is 3.93. The lowest BCUT2D eigenvalue weighted by atomic mass is 10.1. The number of anilines is 1. The van der Waals surface area contributed by atoms with Gasteiger partial charge in [-0.05, 0) is 36.8 Å². The smallest absolute Gasteiger partial charge is 0.246 e. The molecule has 4 aromatic rings. The fourth-order valence-corrected chi connectivity index (χ4v) is 4.81. The van der Waals surface area contributed by atoms with E-state index >= 15 is 0 Å². The van der Waals surface area contributed by atoms with Crippen molar-refractivity contribution in [3.05, 3.63) is 96.3 Å². The fourth-order valence-electron chi connectivity index (χ4n) is 4.81. The van der Waals surface area contributed by atoms with Crippen molar-refractivity contribution in [1.29, 1.82) is 0 Å². The predicted octanol–water partition coefficient (Wildman–Crippen LogP) is 4.61. The number of rotatable bonds is 7. The second-order valence-electron chi connectivity index (χ2n) is 8.68. The molecule has 0 unspecified atom stereocenters. The molecule has 0 radical (unpaired) electrons. The Labute approximate surface area is 199 Å². The van der Waals surface area contributed by atoms with Crippen molar-refractivity contribution in [3.63, 3.8) is 0 Å². The molecule has 0 spiro atoms. The highest BCUT2D eigenvalue weighted by Gasteiger charge is 2.34. The van der Waals surface area contributed by atoms with Crippen LogP contribution < -0.4 is 4.90 Å². The second-order valence-corrected chi connectivity index (χ2v) is 8.68. The molecule has 1 aliphatic rings. The van der Waals surface area contributed by atoms with Gasteiger partial charge in [0.2, 0.25) is 11.8 Å². The van der Waals surface area contributed by atoms with E-state index in [0.717, 1.165) is 28.1 Å². The number of fused-ring (bicyclic) bond motifs is 1. The number of imidazole rings is 1. The first-order valence-corrected chi connectivity index (χ1v) is 11.8. The fraction of sp³-hybridized carbons (Fsp3) is 0.250. The molecular weight excluding hydrogens is 424 g/mol. The monoisotopic (exact) mass is 452 g/mol. The molecular formula is C28H28N4O2. The highest BCUT2D eigenvalue weighted by Crippen LogP contribution is 2.31. The maximum absolute atomic E-state index is 13.4. The Bertz CT molecular complexity index is 1300. The summed E-state index contributed by atoms with van der Waals surface area (Å²) in [7, 11) is 0. The maximum Gasteiger partial charge on any atom is 0.246 e. The quantitative estimate of drug-likeness (QED) is 0.412. The van der Waals surface area contributed by atoms with E-state index in [4.69, 9.17) is 4.98 Å². The minimum atomic E-state index is -0.0526. The minimum absolute atomic E-state index is 0.00330. The molecule has 1 aromatic heterocycles. The van der Waals surface area contributed by atoms with E-state index in [1.54, 1.807) is 4.90 Å². The van der Waals surface area contributed by atoms with E-state index in [1.807, 2.05) is 101 Å². The molecule has 1 saturated heterocycles. The first kappa shape index (κ1) is 21.9. The Hall–Kier alpha value is -3.93. The van der Waals surface area contributed by atoms with Gasteiger partial charge in [0, 0.05) is 37.7 Å². The van der Waals surface area contributed by atoms with Crippen molar-refractivity contribution in [3.8, 4) is 0 Å². The summed E-state index contributed by atoms with van der Waals surface area (Å²) in [5.74, 6) is 0.882. The van der Waals surface area contributed by atoms with Gasteiger partial charge in [-0.1, -0.05) is 60.7 Å². The van der Waals surface area contributed by atoms with Gasteiger partial charge >= 0.3 is 0 Å². The van der Waals surface area contributed by atoms with Gasteiger partial charge in [-0.3, -0.25) is 9.59 Å². The molecule has 6 heteroatoms. The van der Waals surface area contributed by atoms with E-state index in [-0.39, 0.29) is 24.3 Å². The van der Waals surface area contributed by atoms with E-state index < -0.39 is 0 Å². The Morgan fingerprint density at radius 3 is 2.38 bits per heavy atom. The van der Waals surface area contributed by atoms with Crippen LogP contribution in [-0.2, 0) is 22.7 Å². The van der Waals surface area contributed by atoms with E-state index in [1.165, 1.54) is 0 Å². The average Bonchev–Trinajstić information content (AvgIpc) is 3.41. The van der Waals surface area contributed by atoms with Crippen LogP contribution >= 0.6 is 0 Å². The zero-order valence-corrected chi connectivity index (χ0v) is 19.3. The highest BCUT2D eigenvalue weighted by atomic mass is 16.2. The third kappa shape index (κ3) is 4.31. The van der Waals surface area contributed by atoms with Crippen molar-refractivity contribution in [2.24, 2.45) is 0 Å². The molecule has 3 aromatic carbocycles. The number of hydrogen-bond acceptors (Lipinski definition) is 3. The van der Waals surface area contributed by atoms with Crippen LogP contribution in [-0.4, -0.2) is 39.4 Å².